The Morgan fingerprint density at radius 1 is 1.00 bits per heavy atom. The SMILES string of the molecule is Cc1cc(C)cc(OCC(=O)NCCOc2ccccc2C)c1. The predicted molar refractivity (Wildman–Crippen MR) is 91.1 cm³/mol. The molecule has 0 spiro atoms. The molecule has 0 aliphatic rings. The van der Waals surface area contributed by atoms with E-state index in [1.807, 2.05) is 57.2 Å². The van der Waals surface area contributed by atoms with Gasteiger partial charge in [-0.2, -0.15) is 0 Å². The number of hydrogen-bond acceptors (Lipinski definition) is 3. The summed E-state index contributed by atoms with van der Waals surface area (Å²) in [6.45, 7) is 6.88. The Bertz CT molecular complexity index is 647. The maximum atomic E-state index is 11.8. The van der Waals surface area contributed by atoms with E-state index in [-0.39, 0.29) is 12.5 Å². The molecule has 0 aromatic heterocycles. The highest BCUT2D eigenvalue weighted by Gasteiger charge is 2.04. The third-order valence-corrected chi connectivity index (χ3v) is 3.34. The summed E-state index contributed by atoms with van der Waals surface area (Å²) in [5, 5.41) is 2.78. The number of hydrogen-bond donors (Lipinski definition) is 1. The van der Waals surface area contributed by atoms with Crippen LogP contribution in [0.5, 0.6) is 11.5 Å². The Labute approximate surface area is 137 Å². The van der Waals surface area contributed by atoms with Crippen molar-refractivity contribution in [3.63, 3.8) is 0 Å². The normalized spacial score (nSPS) is 10.2. The summed E-state index contributed by atoms with van der Waals surface area (Å²) in [6.07, 6.45) is 0. The molecule has 1 amide bonds. The topological polar surface area (TPSA) is 47.6 Å². The van der Waals surface area contributed by atoms with Crippen LogP contribution in [-0.2, 0) is 4.79 Å². The molecule has 0 atom stereocenters. The van der Waals surface area contributed by atoms with Gasteiger partial charge in [-0.3, -0.25) is 4.79 Å². The van der Waals surface area contributed by atoms with Crippen molar-refractivity contribution in [3.05, 3.63) is 59.2 Å². The Morgan fingerprint density at radius 2 is 1.70 bits per heavy atom. The highest BCUT2D eigenvalue weighted by molar-refractivity contribution is 5.77. The van der Waals surface area contributed by atoms with Crippen molar-refractivity contribution < 1.29 is 14.3 Å². The number of ether oxygens (including phenoxy) is 2. The number of aryl methyl sites for hydroxylation is 3. The maximum Gasteiger partial charge on any atom is 0.258 e. The maximum absolute atomic E-state index is 11.8. The standard InChI is InChI=1S/C19H23NO3/c1-14-10-15(2)12-17(11-14)23-13-19(21)20-8-9-22-18-7-5-4-6-16(18)3/h4-7,10-12H,8-9,13H2,1-3H3,(H,20,21). The molecule has 2 aromatic carbocycles. The number of carbonyl (C=O) groups is 1. The second-order valence-electron chi connectivity index (χ2n) is 5.58. The highest BCUT2D eigenvalue weighted by Crippen LogP contribution is 2.16. The second kappa shape index (κ2) is 8.22. The Hall–Kier alpha value is -2.49. The fraction of sp³-hybridized carbons (Fsp3) is 0.316. The predicted octanol–water partition coefficient (Wildman–Crippen LogP) is 3.19. The third-order valence-electron chi connectivity index (χ3n) is 3.34. The molecule has 0 unspecified atom stereocenters. The summed E-state index contributed by atoms with van der Waals surface area (Å²) >= 11 is 0. The molecule has 0 fully saturated rings. The molecule has 2 aromatic rings. The molecule has 122 valence electrons. The molecule has 0 saturated carbocycles. The van der Waals surface area contributed by atoms with Gasteiger partial charge in [0.05, 0.1) is 6.54 Å². The first-order valence-corrected chi connectivity index (χ1v) is 7.71. The zero-order chi connectivity index (χ0) is 16.7. The average molecular weight is 313 g/mol. The fourth-order valence-electron chi connectivity index (χ4n) is 2.29. The van der Waals surface area contributed by atoms with E-state index >= 15 is 0 Å². The zero-order valence-corrected chi connectivity index (χ0v) is 13.9. The van der Waals surface area contributed by atoms with E-state index in [0.29, 0.717) is 18.9 Å². The lowest BCUT2D eigenvalue weighted by Gasteiger charge is -2.11. The minimum absolute atomic E-state index is 0.00720. The summed E-state index contributed by atoms with van der Waals surface area (Å²) in [7, 11) is 0. The van der Waals surface area contributed by atoms with E-state index in [0.717, 1.165) is 22.4 Å². The lowest BCUT2D eigenvalue weighted by molar-refractivity contribution is -0.123. The smallest absolute Gasteiger partial charge is 0.258 e. The number of rotatable bonds is 7. The van der Waals surface area contributed by atoms with Crippen LogP contribution in [0.3, 0.4) is 0 Å². The van der Waals surface area contributed by atoms with Crippen LogP contribution < -0.4 is 14.8 Å². The summed E-state index contributed by atoms with van der Waals surface area (Å²) < 4.78 is 11.1. The van der Waals surface area contributed by atoms with Crippen molar-refractivity contribution >= 4 is 5.91 Å². The lowest BCUT2D eigenvalue weighted by Crippen LogP contribution is -2.32. The molecule has 0 bridgehead atoms. The Balaban J connectivity index is 1.68. The summed E-state index contributed by atoms with van der Waals surface area (Å²) in [4.78, 5) is 11.8. The number of nitrogens with one attached hydrogen (secondary N) is 1. The monoisotopic (exact) mass is 313 g/mol. The molecule has 0 radical (unpaired) electrons. The number of amides is 1. The molecule has 4 heteroatoms. The van der Waals surface area contributed by atoms with Crippen molar-refractivity contribution in [2.75, 3.05) is 19.8 Å². The van der Waals surface area contributed by atoms with Gasteiger partial charge >= 0.3 is 0 Å². The summed E-state index contributed by atoms with van der Waals surface area (Å²) in [5.74, 6) is 1.40. The van der Waals surface area contributed by atoms with Gasteiger partial charge < -0.3 is 14.8 Å². The van der Waals surface area contributed by atoms with Gasteiger partial charge in [0.1, 0.15) is 18.1 Å². The first-order valence-electron chi connectivity index (χ1n) is 7.71. The summed E-state index contributed by atoms with van der Waals surface area (Å²) in [6, 6.07) is 13.7. The van der Waals surface area contributed by atoms with Crippen molar-refractivity contribution in [2.24, 2.45) is 0 Å². The van der Waals surface area contributed by atoms with Gasteiger partial charge in [-0.15, -0.1) is 0 Å². The molecule has 1 N–H and O–H groups in total. The van der Waals surface area contributed by atoms with Crippen LogP contribution in [0, 0.1) is 20.8 Å². The van der Waals surface area contributed by atoms with E-state index in [9.17, 15) is 4.79 Å². The van der Waals surface area contributed by atoms with Crippen molar-refractivity contribution in [3.8, 4) is 11.5 Å². The van der Waals surface area contributed by atoms with Gasteiger partial charge in [-0.1, -0.05) is 24.3 Å². The van der Waals surface area contributed by atoms with Crippen LogP contribution in [-0.4, -0.2) is 25.7 Å². The fourth-order valence-corrected chi connectivity index (χ4v) is 2.29. The van der Waals surface area contributed by atoms with Crippen LogP contribution in [0.1, 0.15) is 16.7 Å². The van der Waals surface area contributed by atoms with Crippen molar-refractivity contribution in [2.45, 2.75) is 20.8 Å². The average Bonchev–Trinajstić information content (AvgIpc) is 2.50. The first-order chi connectivity index (χ1) is 11.0. The van der Waals surface area contributed by atoms with E-state index in [4.69, 9.17) is 9.47 Å². The third kappa shape index (κ3) is 5.66. The van der Waals surface area contributed by atoms with Gasteiger partial charge in [0, 0.05) is 0 Å². The quantitative estimate of drug-likeness (QED) is 0.799. The van der Waals surface area contributed by atoms with Crippen LogP contribution in [0.25, 0.3) is 0 Å². The van der Waals surface area contributed by atoms with Crippen LogP contribution >= 0.6 is 0 Å². The molecule has 2 rings (SSSR count). The molecule has 0 aliphatic carbocycles. The molecule has 4 nitrogen and oxygen atoms in total. The van der Waals surface area contributed by atoms with Gasteiger partial charge in [-0.05, 0) is 55.7 Å². The zero-order valence-electron chi connectivity index (χ0n) is 13.9. The molecule has 0 aliphatic heterocycles. The van der Waals surface area contributed by atoms with E-state index in [1.54, 1.807) is 0 Å². The van der Waals surface area contributed by atoms with E-state index in [1.165, 1.54) is 0 Å². The van der Waals surface area contributed by atoms with E-state index < -0.39 is 0 Å². The second-order valence-corrected chi connectivity index (χ2v) is 5.58. The lowest BCUT2D eigenvalue weighted by atomic mass is 10.1. The molecule has 0 heterocycles. The Kier molecular flexibility index (Phi) is 6.03. The minimum Gasteiger partial charge on any atom is -0.491 e. The van der Waals surface area contributed by atoms with E-state index in [2.05, 4.69) is 11.4 Å². The van der Waals surface area contributed by atoms with Gasteiger partial charge in [0.2, 0.25) is 0 Å². The Morgan fingerprint density at radius 3 is 2.39 bits per heavy atom. The molecule has 0 saturated heterocycles. The number of carbonyl (C=O) groups excluding carboxylic acids is 1. The number of para-hydroxylation sites is 1. The molecule has 23 heavy (non-hydrogen) atoms. The van der Waals surface area contributed by atoms with Gasteiger partial charge in [0.25, 0.3) is 5.91 Å². The molecular formula is C19H23NO3. The summed E-state index contributed by atoms with van der Waals surface area (Å²) in [5.41, 5.74) is 3.32. The molecular weight excluding hydrogens is 290 g/mol. The van der Waals surface area contributed by atoms with Crippen molar-refractivity contribution in [1.82, 2.24) is 5.32 Å². The first kappa shape index (κ1) is 16.9. The largest absolute Gasteiger partial charge is 0.491 e. The van der Waals surface area contributed by atoms with Gasteiger partial charge in [0.15, 0.2) is 6.61 Å². The minimum atomic E-state index is -0.155. The van der Waals surface area contributed by atoms with Crippen LogP contribution in [0.4, 0.5) is 0 Å². The van der Waals surface area contributed by atoms with Crippen molar-refractivity contribution in [1.29, 1.82) is 0 Å². The highest BCUT2D eigenvalue weighted by atomic mass is 16.5. The van der Waals surface area contributed by atoms with Crippen LogP contribution in [0.2, 0.25) is 0 Å². The number of benzene rings is 2. The van der Waals surface area contributed by atoms with Crippen LogP contribution in [0.15, 0.2) is 42.5 Å². The van der Waals surface area contributed by atoms with Gasteiger partial charge in [-0.25, -0.2) is 0 Å².